The van der Waals surface area contributed by atoms with Crippen molar-refractivity contribution in [3.8, 4) is 0 Å². The van der Waals surface area contributed by atoms with Crippen molar-refractivity contribution in [2.24, 2.45) is 0 Å². The first kappa shape index (κ1) is 16.3. The number of hydrogen-bond acceptors (Lipinski definition) is 5. The highest BCUT2D eigenvalue weighted by Gasteiger charge is 2.39. The van der Waals surface area contributed by atoms with Crippen LogP contribution < -0.4 is 10.4 Å². The van der Waals surface area contributed by atoms with Gasteiger partial charge >= 0.3 is 7.12 Å². The molecule has 1 aliphatic heterocycles. The second kappa shape index (κ2) is 5.95. The van der Waals surface area contributed by atoms with E-state index in [-0.39, 0.29) is 0 Å². The van der Waals surface area contributed by atoms with Crippen LogP contribution in [0.4, 0.5) is 5.82 Å². The van der Waals surface area contributed by atoms with Crippen molar-refractivity contribution >= 4 is 18.4 Å². The second-order valence-corrected chi connectivity index (χ2v) is 6.68. The summed E-state index contributed by atoms with van der Waals surface area (Å²) in [5.41, 5.74) is -1.27. The number of aliphatic hydroxyl groups is 1. The zero-order chi connectivity index (χ0) is 15.7. The molecule has 0 unspecified atom stereocenters. The van der Waals surface area contributed by atoms with Crippen molar-refractivity contribution in [3.63, 3.8) is 0 Å². The molecule has 1 aliphatic rings. The molecule has 2 heterocycles. The van der Waals surface area contributed by atoms with Crippen LogP contribution in [-0.2, 0) is 4.65 Å². The average Bonchev–Trinajstić information content (AvgIpc) is 2.91. The number of anilines is 1. The molecule has 0 aromatic carbocycles. The normalized spacial score (nSPS) is 16.4. The third-order valence-electron chi connectivity index (χ3n) is 4.36. The SMILES string of the molecule is CC(C)(O)C(C)(C)OB(O)c1ccnc(N2CCCC2)c1. The number of hydrogen-bond donors (Lipinski definition) is 2. The molecule has 0 radical (unpaired) electrons. The van der Waals surface area contributed by atoms with Gasteiger partial charge in [-0.2, -0.15) is 0 Å². The fraction of sp³-hybridized carbons (Fsp3) is 0.667. The Morgan fingerprint density at radius 3 is 2.43 bits per heavy atom. The maximum absolute atomic E-state index is 10.3. The van der Waals surface area contributed by atoms with E-state index in [1.165, 1.54) is 12.8 Å². The minimum absolute atomic E-state index is 0.657. The van der Waals surface area contributed by atoms with Gasteiger partial charge in [0, 0.05) is 19.3 Å². The van der Waals surface area contributed by atoms with Gasteiger partial charge in [0.05, 0.1) is 11.2 Å². The molecule has 0 bridgehead atoms. The molecule has 0 aliphatic carbocycles. The monoisotopic (exact) mass is 292 g/mol. The highest BCUT2D eigenvalue weighted by Crippen LogP contribution is 2.25. The van der Waals surface area contributed by atoms with E-state index in [9.17, 15) is 10.1 Å². The van der Waals surface area contributed by atoms with Gasteiger partial charge in [-0.3, -0.25) is 0 Å². The van der Waals surface area contributed by atoms with E-state index < -0.39 is 18.3 Å². The van der Waals surface area contributed by atoms with Crippen molar-refractivity contribution in [3.05, 3.63) is 18.3 Å². The quantitative estimate of drug-likeness (QED) is 0.791. The van der Waals surface area contributed by atoms with E-state index in [2.05, 4.69) is 9.88 Å². The predicted molar refractivity (Wildman–Crippen MR) is 84.8 cm³/mol. The lowest BCUT2D eigenvalue weighted by molar-refractivity contribution is -0.0982. The summed E-state index contributed by atoms with van der Waals surface area (Å²) in [7, 11) is -1.09. The average molecular weight is 292 g/mol. The van der Waals surface area contributed by atoms with Gasteiger partial charge in [0.2, 0.25) is 0 Å². The fourth-order valence-electron chi connectivity index (χ4n) is 2.20. The molecule has 1 fully saturated rings. The highest BCUT2D eigenvalue weighted by atomic mass is 16.5. The number of rotatable bonds is 5. The Bertz CT molecular complexity index is 482. The van der Waals surface area contributed by atoms with Gasteiger partial charge in [-0.15, -0.1) is 0 Å². The van der Waals surface area contributed by atoms with Gasteiger partial charge < -0.3 is 19.7 Å². The summed E-state index contributed by atoms with van der Waals surface area (Å²) in [4.78, 5) is 6.56. The third kappa shape index (κ3) is 3.76. The Kier molecular flexibility index (Phi) is 4.61. The van der Waals surface area contributed by atoms with Crippen LogP contribution in [0.3, 0.4) is 0 Å². The Morgan fingerprint density at radius 1 is 1.24 bits per heavy atom. The minimum atomic E-state index is -1.09. The van der Waals surface area contributed by atoms with Gasteiger partial charge in [-0.1, -0.05) is 0 Å². The van der Waals surface area contributed by atoms with Crippen LogP contribution in [0.15, 0.2) is 18.3 Å². The lowest BCUT2D eigenvalue weighted by Gasteiger charge is -2.38. The Hall–Kier alpha value is -1.11. The van der Waals surface area contributed by atoms with Gasteiger partial charge in [0.1, 0.15) is 5.82 Å². The van der Waals surface area contributed by atoms with Gasteiger partial charge in [0.15, 0.2) is 0 Å². The van der Waals surface area contributed by atoms with Crippen molar-refractivity contribution < 1.29 is 14.8 Å². The van der Waals surface area contributed by atoms with Crippen molar-refractivity contribution in [2.75, 3.05) is 18.0 Å². The smallest absolute Gasteiger partial charge is 0.423 e. The molecule has 2 N–H and O–H groups in total. The standard InChI is InChI=1S/C15H25BN2O3/c1-14(2,19)15(3,4)21-16(20)12-7-8-17-13(11-12)18-9-5-6-10-18/h7-8,11,19-20H,5-6,9-10H2,1-4H3. The molecule has 21 heavy (non-hydrogen) atoms. The van der Waals surface area contributed by atoms with E-state index in [0.29, 0.717) is 5.46 Å². The minimum Gasteiger partial charge on any atom is -0.423 e. The summed E-state index contributed by atoms with van der Waals surface area (Å²) in [5, 5.41) is 20.4. The summed E-state index contributed by atoms with van der Waals surface area (Å²) < 4.78 is 5.67. The topological polar surface area (TPSA) is 65.8 Å². The summed E-state index contributed by atoms with van der Waals surface area (Å²) in [6.07, 6.45) is 4.04. The van der Waals surface area contributed by atoms with Crippen LogP contribution in [0.5, 0.6) is 0 Å². The highest BCUT2D eigenvalue weighted by molar-refractivity contribution is 6.60. The van der Waals surface area contributed by atoms with Crippen molar-refractivity contribution in [1.29, 1.82) is 0 Å². The van der Waals surface area contributed by atoms with Gasteiger partial charge in [0.25, 0.3) is 0 Å². The van der Waals surface area contributed by atoms with E-state index in [1.54, 1.807) is 40.0 Å². The molecule has 1 saturated heterocycles. The molecular weight excluding hydrogens is 267 g/mol. The zero-order valence-corrected chi connectivity index (χ0v) is 13.3. The molecule has 6 heteroatoms. The molecule has 0 atom stereocenters. The maximum Gasteiger partial charge on any atom is 0.491 e. The third-order valence-corrected chi connectivity index (χ3v) is 4.36. The fourth-order valence-corrected chi connectivity index (χ4v) is 2.20. The van der Waals surface area contributed by atoms with E-state index in [4.69, 9.17) is 4.65 Å². The number of pyridine rings is 1. The van der Waals surface area contributed by atoms with E-state index >= 15 is 0 Å². The van der Waals surface area contributed by atoms with Crippen LogP contribution in [0.1, 0.15) is 40.5 Å². The maximum atomic E-state index is 10.3. The molecule has 1 aromatic rings. The molecule has 0 saturated carbocycles. The van der Waals surface area contributed by atoms with E-state index in [0.717, 1.165) is 18.9 Å². The lowest BCUT2D eigenvalue weighted by atomic mass is 9.77. The summed E-state index contributed by atoms with van der Waals surface area (Å²) in [6, 6.07) is 3.60. The predicted octanol–water partition coefficient (Wildman–Crippen LogP) is 0.935. The molecule has 0 amide bonds. The second-order valence-electron chi connectivity index (χ2n) is 6.68. The first-order valence-electron chi connectivity index (χ1n) is 7.50. The summed E-state index contributed by atoms with van der Waals surface area (Å²) in [5.74, 6) is 0.869. The van der Waals surface area contributed by atoms with Crippen molar-refractivity contribution in [2.45, 2.75) is 51.7 Å². The molecule has 0 spiro atoms. The van der Waals surface area contributed by atoms with Crippen LogP contribution in [0, 0.1) is 0 Å². The van der Waals surface area contributed by atoms with Crippen LogP contribution in [0.25, 0.3) is 0 Å². The van der Waals surface area contributed by atoms with Crippen LogP contribution in [-0.4, -0.2) is 46.5 Å². The molecular formula is C15H25BN2O3. The number of nitrogens with zero attached hydrogens (tertiary/aromatic N) is 2. The number of aromatic nitrogens is 1. The first-order chi connectivity index (χ1) is 9.71. The zero-order valence-electron chi connectivity index (χ0n) is 13.3. The summed E-state index contributed by atoms with van der Waals surface area (Å²) >= 11 is 0. The van der Waals surface area contributed by atoms with Gasteiger partial charge in [-0.05, 0) is 58.1 Å². The molecule has 5 nitrogen and oxygen atoms in total. The molecule has 116 valence electrons. The van der Waals surface area contributed by atoms with Crippen LogP contribution >= 0.6 is 0 Å². The lowest BCUT2D eigenvalue weighted by Crippen LogP contribution is -2.53. The van der Waals surface area contributed by atoms with Gasteiger partial charge in [-0.25, -0.2) is 4.98 Å². The Balaban J connectivity index is 2.12. The van der Waals surface area contributed by atoms with Crippen molar-refractivity contribution in [1.82, 2.24) is 4.98 Å². The first-order valence-corrected chi connectivity index (χ1v) is 7.50. The Morgan fingerprint density at radius 2 is 1.86 bits per heavy atom. The molecule has 1 aromatic heterocycles. The Labute approximate surface area is 127 Å². The molecule has 2 rings (SSSR count). The summed E-state index contributed by atoms with van der Waals surface area (Å²) in [6.45, 7) is 8.87. The largest absolute Gasteiger partial charge is 0.491 e. The van der Waals surface area contributed by atoms with Crippen LogP contribution in [0.2, 0.25) is 0 Å². The van der Waals surface area contributed by atoms with E-state index in [1.807, 2.05) is 6.07 Å².